The molecule has 1 saturated heterocycles. The SMILES string of the molecule is CC(C)(C)[Si](O[C@H](C#Cc1ccccc1)[C@@H]1CCCN1C(=O)[Se]c1ccccc1)C(C)(C)C. The third-order valence-corrected chi connectivity index (χ3v) is 10.7. The number of amides is 1. The van der Waals surface area contributed by atoms with E-state index in [1.165, 1.54) is 0 Å². The minimum absolute atomic E-state index is 0.00370. The zero-order valence-corrected chi connectivity index (χ0v) is 23.4. The molecule has 2 aromatic rings. The Kier molecular flexibility index (Phi) is 8.64. The summed E-state index contributed by atoms with van der Waals surface area (Å²) in [6.07, 6.45) is 1.66. The van der Waals surface area contributed by atoms with E-state index in [1.54, 1.807) is 0 Å². The third-order valence-electron chi connectivity index (χ3n) is 5.57. The molecule has 3 nitrogen and oxygen atoms in total. The van der Waals surface area contributed by atoms with E-state index in [2.05, 4.69) is 58.3 Å². The summed E-state index contributed by atoms with van der Waals surface area (Å²) in [4.78, 5) is 15.6. The van der Waals surface area contributed by atoms with Crippen molar-refractivity contribution in [1.82, 2.24) is 4.90 Å². The van der Waals surface area contributed by atoms with E-state index in [0.29, 0.717) is 0 Å². The maximum absolute atomic E-state index is 13.3. The van der Waals surface area contributed by atoms with Gasteiger partial charge in [0.1, 0.15) is 0 Å². The number of hydrogen-bond donors (Lipinski definition) is 0. The Morgan fingerprint density at radius 1 is 1.00 bits per heavy atom. The summed E-state index contributed by atoms with van der Waals surface area (Å²) in [5.41, 5.74) is 0.982. The van der Waals surface area contributed by atoms with Crippen LogP contribution in [0.3, 0.4) is 0 Å². The molecule has 0 bridgehead atoms. The molecule has 0 spiro atoms. The van der Waals surface area contributed by atoms with Crippen LogP contribution in [0.5, 0.6) is 0 Å². The van der Waals surface area contributed by atoms with Crippen LogP contribution in [0.1, 0.15) is 59.9 Å². The van der Waals surface area contributed by atoms with Gasteiger partial charge in [-0.3, -0.25) is 0 Å². The molecule has 2 atom stereocenters. The Morgan fingerprint density at radius 3 is 2.15 bits per heavy atom. The van der Waals surface area contributed by atoms with E-state index in [1.807, 2.05) is 60.7 Å². The molecule has 1 amide bonds. The van der Waals surface area contributed by atoms with E-state index in [4.69, 9.17) is 4.43 Å². The average Bonchev–Trinajstić information content (AvgIpc) is 3.23. The van der Waals surface area contributed by atoms with Crippen molar-refractivity contribution in [2.75, 3.05) is 6.54 Å². The molecule has 33 heavy (non-hydrogen) atoms. The van der Waals surface area contributed by atoms with Gasteiger partial charge in [0.2, 0.25) is 0 Å². The standard InChI is InChI=1S/C28H36NO2SeSi/c1-27(2,3)33(28(4,5)6)31-25(20-19-22-14-9-7-10-15-22)24-18-13-21-29(24)26(30)32-23-16-11-8-12-17-23/h7-12,14-17,24-25H,13,18,21H2,1-6H3/t24-,25+/m0/s1. The van der Waals surface area contributed by atoms with Gasteiger partial charge in [0.15, 0.2) is 0 Å². The van der Waals surface area contributed by atoms with Crippen LogP contribution < -0.4 is 4.46 Å². The summed E-state index contributed by atoms with van der Waals surface area (Å²) in [5.74, 6) is 6.82. The van der Waals surface area contributed by atoms with Crippen LogP contribution >= 0.6 is 0 Å². The number of nitrogens with zero attached hydrogens (tertiary/aromatic N) is 1. The fraction of sp³-hybridized carbons (Fsp3) is 0.464. The predicted octanol–water partition coefficient (Wildman–Crippen LogP) is 5.63. The molecule has 0 N–H and O–H groups in total. The van der Waals surface area contributed by atoms with Crippen molar-refractivity contribution in [3.63, 3.8) is 0 Å². The number of benzene rings is 2. The quantitative estimate of drug-likeness (QED) is 0.374. The topological polar surface area (TPSA) is 29.5 Å². The molecular weight excluding hydrogens is 489 g/mol. The first-order valence-corrected chi connectivity index (χ1v) is 14.8. The third kappa shape index (κ3) is 7.32. The molecular formula is C28H36NO2SeSi. The number of likely N-dealkylation sites (tertiary alicyclic amines) is 1. The molecule has 175 valence electrons. The first-order chi connectivity index (χ1) is 15.6. The van der Waals surface area contributed by atoms with Gasteiger partial charge in [-0.25, -0.2) is 0 Å². The fourth-order valence-electron chi connectivity index (χ4n) is 4.47. The van der Waals surface area contributed by atoms with Gasteiger partial charge in [-0.05, 0) is 0 Å². The van der Waals surface area contributed by atoms with Crippen LogP contribution in [-0.4, -0.2) is 52.4 Å². The molecule has 3 rings (SSSR count). The van der Waals surface area contributed by atoms with Crippen molar-refractivity contribution >= 4 is 33.3 Å². The van der Waals surface area contributed by atoms with E-state index in [9.17, 15) is 4.79 Å². The molecule has 5 heteroatoms. The van der Waals surface area contributed by atoms with Crippen LogP contribution in [0.4, 0.5) is 4.79 Å². The zero-order valence-electron chi connectivity index (χ0n) is 20.7. The van der Waals surface area contributed by atoms with Crippen molar-refractivity contribution in [2.45, 2.75) is 76.6 Å². The Balaban J connectivity index is 1.90. The molecule has 0 aliphatic carbocycles. The summed E-state index contributed by atoms with van der Waals surface area (Å²) in [6.45, 7) is 14.4. The summed E-state index contributed by atoms with van der Waals surface area (Å²) in [6, 6.07) is 20.2. The van der Waals surface area contributed by atoms with Crippen molar-refractivity contribution in [3.05, 3.63) is 66.2 Å². The summed E-state index contributed by atoms with van der Waals surface area (Å²) in [7, 11) is -1.26. The van der Waals surface area contributed by atoms with Crippen LogP contribution in [-0.2, 0) is 4.43 Å². The van der Waals surface area contributed by atoms with E-state index >= 15 is 0 Å². The summed E-state index contributed by atoms with van der Waals surface area (Å²) >= 11 is -0.233. The molecule has 2 aromatic carbocycles. The van der Waals surface area contributed by atoms with Gasteiger partial charge in [-0.15, -0.1) is 0 Å². The summed E-state index contributed by atoms with van der Waals surface area (Å²) in [5, 5.41) is 0.105. The number of rotatable bonds is 5. The predicted molar refractivity (Wildman–Crippen MR) is 140 cm³/mol. The Morgan fingerprint density at radius 2 is 1.58 bits per heavy atom. The fourth-order valence-corrected chi connectivity index (χ4v) is 9.65. The van der Waals surface area contributed by atoms with Gasteiger partial charge in [0.25, 0.3) is 0 Å². The van der Waals surface area contributed by atoms with E-state index in [0.717, 1.165) is 29.4 Å². The number of carbonyl (C=O) groups excluding carboxylic acids is 1. The molecule has 1 aliphatic heterocycles. The second-order valence-electron chi connectivity index (χ2n) is 10.6. The first-order valence-electron chi connectivity index (χ1n) is 11.7. The van der Waals surface area contributed by atoms with Gasteiger partial charge in [-0.1, -0.05) is 0 Å². The molecule has 1 heterocycles. The van der Waals surface area contributed by atoms with Gasteiger partial charge in [0.05, 0.1) is 0 Å². The van der Waals surface area contributed by atoms with Gasteiger partial charge < -0.3 is 0 Å². The maximum atomic E-state index is 13.3. The van der Waals surface area contributed by atoms with Gasteiger partial charge in [-0.2, -0.15) is 0 Å². The van der Waals surface area contributed by atoms with Crippen LogP contribution in [0.2, 0.25) is 10.1 Å². The molecule has 0 aromatic heterocycles. The second kappa shape index (κ2) is 11.1. The monoisotopic (exact) mass is 526 g/mol. The van der Waals surface area contributed by atoms with Crippen molar-refractivity contribution in [3.8, 4) is 11.8 Å². The van der Waals surface area contributed by atoms with E-state index < -0.39 is 9.04 Å². The first kappa shape index (κ1) is 25.8. The van der Waals surface area contributed by atoms with Crippen LogP contribution in [0.25, 0.3) is 0 Å². The minimum atomic E-state index is -1.26. The number of carbonyl (C=O) groups is 1. The summed E-state index contributed by atoms with van der Waals surface area (Å²) < 4.78 is 8.07. The average molecular weight is 526 g/mol. The van der Waals surface area contributed by atoms with Crippen molar-refractivity contribution < 1.29 is 9.22 Å². The molecule has 0 unspecified atom stereocenters. The molecule has 0 saturated carbocycles. The van der Waals surface area contributed by atoms with Crippen LogP contribution in [0, 0.1) is 11.8 Å². The molecule has 1 radical (unpaired) electrons. The van der Waals surface area contributed by atoms with Gasteiger partial charge >= 0.3 is 209 Å². The van der Waals surface area contributed by atoms with Gasteiger partial charge in [0, 0.05) is 0 Å². The van der Waals surface area contributed by atoms with Crippen molar-refractivity contribution in [2.24, 2.45) is 0 Å². The zero-order chi connectivity index (χ0) is 24.1. The van der Waals surface area contributed by atoms with Crippen LogP contribution in [0.15, 0.2) is 60.7 Å². The van der Waals surface area contributed by atoms with E-state index in [-0.39, 0.29) is 42.0 Å². The van der Waals surface area contributed by atoms with Crippen molar-refractivity contribution in [1.29, 1.82) is 0 Å². The Labute approximate surface area is 208 Å². The molecule has 1 fully saturated rings. The Hall–Kier alpha value is -1.83. The number of hydrogen-bond acceptors (Lipinski definition) is 2. The molecule has 1 aliphatic rings. The second-order valence-corrected chi connectivity index (χ2v) is 16.6. The normalized spacial score (nSPS) is 17.5. The Bertz CT molecular complexity index is 956.